The monoisotopic (exact) mass is 458 g/mol. The number of hydrogen-bond donors (Lipinski definition) is 1. The molecular formula is C28H27FN2O3. The molecule has 1 atom stereocenters. The lowest BCUT2D eigenvalue weighted by Crippen LogP contribution is -2.45. The van der Waals surface area contributed by atoms with Gasteiger partial charge in [0.05, 0.1) is 6.42 Å². The quantitative estimate of drug-likeness (QED) is 0.547. The number of halogens is 1. The van der Waals surface area contributed by atoms with Gasteiger partial charge < -0.3 is 10.0 Å². The second-order valence-corrected chi connectivity index (χ2v) is 9.05. The molecule has 6 heteroatoms. The number of carbonyl (C=O) groups excluding carboxylic acids is 2. The number of aromatic hydroxyl groups is 1. The van der Waals surface area contributed by atoms with Gasteiger partial charge in [0.25, 0.3) is 5.91 Å². The Kier molecular flexibility index (Phi) is 6.05. The maximum Gasteiger partial charge on any atom is 0.255 e. The zero-order chi connectivity index (χ0) is 23.7. The van der Waals surface area contributed by atoms with E-state index < -0.39 is 11.9 Å². The molecule has 174 valence electrons. The van der Waals surface area contributed by atoms with Gasteiger partial charge in [0.1, 0.15) is 17.6 Å². The summed E-state index contributed by atoms with van der Waals surface area (Å²) in [6.07, 6.45) is 5.22. The number of phenolic OH excluding ortho intramolecular Hbond substituents is 1. The van der Waals surface area contributed by atoms with Gasteiger partial charge in [0, 0.05) is 23.0 Å². The summed E-state index contributed by atoms with van der Waals surface area (Å²) in [7, 11) is 0. The van der Waals surface area contributed by atoms with Gasteiger partial charge in [0.15, 0.2) is 0 Å². The van der Waals surface area contributed by atoms with Crippen LogP contribution in [-0.2, 0) is 16.0 Å². The number of amides is 2. The SMILES string of the molecule is O=C1C(N(C(=O)Cc2ccc(O)cc2)c2cccc(F)c2)c2ccccc2N1C1CCCCC1. The van der Waals surface area contributed by atoms with Crippen molar-refractivity contribution >= 4 is 23.2 Å². The van der Waals surface area contributed by atoms with Crippen molar-refractivity contribution in [2.24, 2.45) is 0 Å². The molecule has 0 spiro atoms. The van der Waals surface area contributed by atoms with E-state index in [0.29, 0.717) is 11.3 Å². The maximum atomic E-state index is 14.2. The Labute approximate surface area is 198 Å². The van der Waals surface area contributed by atoms with Gasteiger partial charge in [-0.1, -0.05) is 55.7 Å². The first kappa shape index (κ1) is 22.1. The highest BCUT2D eigenvalue weighted by Gasteiger charge is 2.45. The lowest BCUT2D eigenvalue weighted by molar-refractivity contribution is -0.124. The molecule has 0 radical (unpaired) electrons. The average molecular weight is 459 g/mol. The Bertz CT molecular complexity index is 1200. The fourth-order valence-electron chi connectivity index (χ4n) is 5.22. The van der Waals surface area contributed by atoms with E-state index >= 15 is 0 Å². The third kappa shape index (κ3) is 4.16. The normalized spacial score (nSPS) is 18.1. The number of phenols is 1. The van der Waals surface area contributed by atoms with Crippen LogP contribution in [0.5, 0.6) is 5.75 Å². The molecule has 1 heterocycles. The minimum Gasteiger partial charge on any atom is -0.508 e. The van der Waals surface area contributed by atoms with Crippen molar-refractivity contribution in [3.05, 3.63) is 89.7 Å². The molecule has 1 fully saturated rings. The van der Waals surface area contributed by atoms with Gasteiger partial charge in [-0.25, -0.2) is 4.39 Å². The van der Waals surface area contributed by atoms with Crippen molar-refractivity contribution < 1.29 is 19.1 Å². The number of hydrogen-bond acceptors (Lipinski definition) is 3. The van der Waals surface area contributed by atoms with Crippen LogP contribution in [0.3, 0.4) is 0 Å². The second kappa shape index (κ2) is 9.29. The second-order valence-electron chi connectivity index (χ2n) is 9.05. The number of fused-ring (bicyclic) bond motifs is 1. The summed E-state index contributed by atoms with van der Waals surface area (Å²) in [4.78, 5) is 31.0. The molecular weight excluding hydrogens is 431 g/mol. The summed E-state index contributed by atoms with van der Waals surface area (Å²) in [6, 6.07) is 19.1. The first-order valence-electron chi connectivity index (χ1n) is 11.8. The fraction of sp³-hybridized carbons (Fsp3) is 0.286. The molecule has 2 amide bonds. The lowest BCUT2D eigenvalue weighted by atomic mass is 9.94. The van der Waals surface area contributed by atoms with Gasteiger partial charge in [0.2, 0.25) is 5.91 Å². The summed E-state index contributed by atoms with van der Waals surface area (Å²) in [5.74, 6) is -0.810. The predicted octanol–water partition coefficient (Wildman–Crippen LogP) is 5.53. The maximum absolute atomic E-state index is 14.2. The van der Waals surface area contributed by atoms with Crippen LogP contribution < -0.4 is 9.80 Å². The molecule has 5 rings (SSSR count). The van der Waals surface area contributed by atoms with Crippen LogP contribution >= 0.6 is 0 Å². The van der Waals surface area contributed by atoms with E-state index in [4.69, 9.17) is 0 Å². The highest BCUT2D eigenvalue weighted by atomic mass is 19.1. The number of para-hydroxylation sites is 1. The van der Waals surface area contributed by atoms with Crippen LogP contribution in [-0.4, -0.2) is 23.0 Å². The number of benzene rings is 3. The van der Waals surface area contributed by atoms with E-state index in [0.717, 1.165) is 36.9 Å². The molecule has 3 aromatic carbocycles. The minimum atomic E-state index is -0.857. The standard InChI is InChI=1S/C28H27FN2O3/c29-20-7-6-10-22(18-20)31(26(33)17-19-13-15-23(32)16-14-19)27-24-11-4-5-12-25(24)30(28(27)34)21-8-2-1-3-9-21/h4-7,10-16,18,21,27,32H,1-3,8-9,17H2. The Morgan fingerprint density at radius 1 is 0.971 bits per heavy atom. The van der Waals surface area contributed by atoms with Crippen LogP contribution in [0.1, 0.15) is 49.3 Å². The summed E-state index contributed by atoms with van der Waals surface area (Å²) >= 11 is 0. The van der Waals surface area contributed by atoms with E-state index in [-0.39, 0.29) is 30.0 Å². The zero-order valence-electron chi connectivity index (χ0n) is 18.9. The highest BCUT2D eigenvalue weighted by molar-refractivity contribution is 6.12. The lowest BCUT2D eigenvalue weighted by Gasteiger charge is -2.33. The zero-order valence-corrected chi connectivity index (χ0v) is 18.9. The number of nitrogens with zero attached hydrogens (tertiary/aromatic N) is 2. The largest absolute Gasteiger partial charge is 0.508 e. The molecule has 0 bridgehead atoms. The molecule has 1 N–H and O–H groups in total. The average Bonchev–Trinajstić information content (AvgIpc) is 3.13. The fourth-order valence-corrected chi connectivity index (χ4v) is 5.22. The van der Waals surface area contributed by atoms with E-state index in [1.165, 1.54) is 35.6 Å². The first-order chi connectivity index (χ1) is 16.5. The third-order valence-electron chi connectivity index (χ3n) is 6.81. The molecule has 1 unspecified atom stereocenters. The molecule has 34 heavy (non-hydrogen) atoms. The Balaban J connectivity index is 1.57. The molecule has 1 aliphatic carbocycles. The van der Waals surface area contributed by atoms with Gasteiger partial charge in [-0.3, -0.25) is 14.5 Å². The van der Waals surface area contributed by atoms with E-state index in [2.05, 4.69) is 0 Å². The topological polar surface area (TPSA) is 60.9 Å². The van der Waals surface area contributed by atoms with E-state index in [1.807, 2.05) is 29.2 Å². The summed E-state index contributed by atoms with van der Waals surface area (Å²) in [6.45, 7) is 0. The van der Waals surface area contributed by atoms with Crippen molar-refractivity contribution in [2.45, 2.75) is 50.6 Å². The molecule has 3 aromatic rings. The molecule has 5 nitrogen and oxygen atoms in total. The van der Waals surface area contributed by atoms with Crippen molar-refractivity contribution in [3.63, 3.8) is 0 Å². The summed E-state index contributed by atoms with van der Waals surface area (Å²) in [5, 5.41) is 9.59. The van der Waals surface area contributed by atoms with Crippen molar-refractivity contribution in [1.82, 2.24) is 0 Å². The van der Waals surface area contributed by atoms with E-state index in [1.54, 1.807) is 24.3 Å². The van der Waals surface area contributed by atoms with Gasteiger partial charge in [-0.05, 0) is 54.8 Å². The van der Waals surface area contributed by atoms with Gasteiger partial charge >= 0.3 is 0 Å². The third-order valence-corrected chi connectivity index (χ3v) is 6.81. The summed E-state index contributed by atoms with van der Waals surface area (Å²) < 4.78 is 14.2. The van der Waals surface area contributed by atoms with Gasteiger partial charge in [-0.15, -0.1) is 0 Å². The summed E-state index contributed by atoms with van der Waals surface area (Å²) in [5.41, 5.74) is 2.65. The van der Waals surface area contributed by atoms with E-state index in [9.17, 15) is 19.1 Å². The molecule has 0 aromatic heterocycles. The Morgan fingerprint density at radius 3 is 2.44 bits per heavy atom. The van der Waals surface area contributed by atoms with Crippen LogP contribution in [0.25, 0.3) is 0 Å². The number of anilines is 2. The number of rotatable bonds is 5. The van der Waals surface area contributed by atoms with Crippen molar-refractivity contribution in [2.75, 3.05) is 9.80 Å². The Hall–Kier alpha value is -3.67. The Morgan fingerprint density at radius 2 is 1.71 bits per heavy atom. The van der Waals surface area contributed by atoms with Crippen LogP contribution in [0.15, 0.2) is 72.8 Å². The van der Waals surface area contributed by atoms with Crippen LogP contribution in [0.2, 0.25) is 0 Å². The molecule has 2 aliphatic rings. The van der Waals surface area contributed by atoms with Crippen LogP contribution in [0.4, 0.5) is 15.8 Å². The molecule has 0 saturated heterocycles. The highest BCUT2D eigenvalue weighted by Crippen LogP contribution is 2.44. The molecule has 1 saturated carbocycles. The van der Waals surface area contributed by atoms with Gasteiger partial charge in [-0.2, -0.15) is 0 Å². The number of carbonyl (C=O) groups is 2. The predicted molar refractivity (Wildman–Crippen MR) is 129 cm³/mol. The smallest absolute Gasteiger partial charge is 0.255 e. The van der Waals surface area contributed by atoms with Crippen molar-refractivity contribution in [3.8, 4) is 5.75 Å². The molecule has 1 aliphatic heterocycles. The minimum absolute atomic E-state index is 0.0200. The van der Waals surface area contributed by atoms with Crippen molar-refractivity contribution in [1.29, 1.82) is 0 Å². The van der Waals surface area contributed by atoms with Crippen LogP contribution in [0, 0.1) is 5.82 Å². The first-order valence-corrected chi connectivity index (χ1v) is 11.8.